The monoisotopic (exact) mass is 700 g/mol. The van der Waals surface area contributed by atoms with Crippen LogP contribution in [-0.4, -0.2) is 18.9 Å². The number of nitrogens with zero attached hydrogens (tertiary/aromatic N) is 4. The minimum atomic E-state index is -0.282. The Kier molecular flexibility index (Phi) is 5.42. The molecule has 12 aromatic rings. The minimum Gasteiger partial charge on any atom is -0.308 e. The first-order chi connectivity index (χ1) is 27.1. The minimum absolute atomic E-state index is 0.282. The number of benzene rings is 8. The molecule has 1 aliphatic rings. The molecule has 4 heteroatoms. The summed E-state index contributed by atoms with van der Waals surface area (Å²) in [4.78, 5) is 11.2. The van der Waals surface area contributed by atoms with Crippen molar-refractivity contribution in [3.05, 3.63) is 169 Å². The van der Waals surface area contributed by atoms with Crippen LogP contribution in [0.5, 0.6) is 0 Å². The smallest absolute Gasteiger partial charge is 0.235 e. The Morgan fingerprint density at radius 3 is 2.05 bits per heavy atom. The second-order valence-corrected chi connectivity index (χ2v) is 15.7. The van der Waals surface area contributed by atoms with Gasteiger partial charge >= 0.3 is 0 Å². The average Bonchev–Trinajstić information content (AvgIpc) is 3.80. The molecule has 4 heterocycles. The molecule has 0 atom stereocenters. The van der Waals surface area contributed by atoms with E-state index in [2.05, 4.69) is 181 Å². The summed E-state index contributed by atoms with van der Waals surface area (Å²) in [5.74, 6) is 0.683. The maximum atomic E-state index is 5.63. The number of para-hydroxylation sites is 2. The fraction of sp³-hybridized carbons (Fsp3) is 0.0588. The lowest BCUT2D eigenvalue weighted by Crippen LogP contribution is -2.17. The summed E-state index contributed by atoms with van der Waals surface area (Å²) in [5, 5.41) is 10.8. The van der Waals surface area contributed by atoms with E-state index in [4.69, 9.17) is 9.97 Å². The van der Waals surface area contributed by atoms with Crippen molar-refractivity contribution in [3.8, 4) is 28.3 Å². The number of rotatable bonds is 2. The summed E-state index contributed by atoms with van der Waals surface area (Å²) < 4.78 is 4.96. The predicted octanol–water partition coefficient (Wildman–Crippen LogP) is 13.0. The van der Waals surface area contributed by atoms with E-state index in [9.17, 15) is 0 Å². The second kappa shape index (κ2) is 10.1. The lowest BCUT2D eigenvalue weighted by atomic mass is 9.81. The number of hydrogen-bond acceptors (Lipinski definition) is 2. The van der Waals surface area contributed by atoms with Crippen molar-refractivity contribution in [1.82, 2.24) is 18.9 Å². The highest BCUT2D eigenvalue weighted by Gasteiger charge is 2.40. The summed E-state index contributed by atoms with van der Waals surface area (Å²) in [6, 6.07) is 57.6. The summed E-state index contributed by atoms with van der Waals surface area (Å²) in [6.45, 7) is 4.78. The molecule has 0 unspecified atom stereocenters. The van der Waals surface area contributed by atoms with Crippen LogP contribution in [0.2, 0.25) is 0 Å². The van der Waals surface area contributed by atoms with Crippen LogP contribution in [0.4, 0.5) is 0 Å². The highest BCUT2D eigenvalue weighted by molar-refractivity contribution is 6.32. The van der Waals surface area contributed by atoms with E-state index in [1.807, 2.05) is 0 Å². The SMILES string of the molecule is CC1(C)c2ccccc2-c2cc3c4c5c(cccc5n(-c5nc(-c6ccccc6)c6ccc7ccccc7c6n5)c4c21)c1cccc2c4ccccc4n3c12. The number of aromatic nitrogens is 4. The van der Waals surface area contributed by atoms with Gasteiger partial charge in [0.15, 0.2) is 0 Å². The summed E-state index contributed by atoms with van der Waals surface area (Å²) in [7, 11) is 0. The molecule has 0 spiro atoms. The fourth-order valence-electron chi connectivity index (χ4n) is 10.3. The quantitative estimate of drug-likeness (QED) is 0.168. The van der Waals surface area contributed by atoms with Crippen molar-refractivity contribution in [2.24, 2.45) is 0 Å². The lowest BCUT2D eigenvalue weighted by Gasteiger charge is -2.24. The van der Waals surface area contributed by atoms with E-state index in [1.165, 1.54) is 76.6 Å². The van der Waals surface area contributed by atoms with Crippen LogP contribution in [0.3, 0.4) is 0 Å². The molecule has 256 valence electrons. The molecule has 0 saturated heterocycles. The molecule has 1 aliphatic carbocycles. The van der Waals surface area contributed by atoms with Crippen molar-refractivity contribution >= 4 is 81.6 Å². The Hall–Kier alpha value is -7.04. The van der Waals surface area contributed by atoms with E-state index in [0.29, 0.717) is 5.95 Å². The molecular weight excluding hydrogens is 669 g/mol. The van der Waals surface area contributed by atoms with Gasteiger partial charge in [-0.3, -0.25) is 4.57 Å². The van der Waals surface area contributed by atoms with Crippen LogP contribution in [0.1, 0.15) is 25.0 Å². The maximum Gasteiger partial charge on any atom is 0.235 e. The van der Waals surface area contributed by atoms with Gasteiger partial charge in [-0.2, -0.15) is 0 Å². The fourth-order valence-corrected chi connectivity index (χ4v) is 10.3. The molecular formula is C51H32N4. The summed E-state index contributed by atoms with van der Waals surface area (Å²) in [5.41, 5.74) is 13.9. The third kappa shape index (κ3) is 3.57. The summed E-state index contributed by atoms with van der Waals surface area (Å²) in [6.07, 6.45) is 0. The van der Waals surface area contributed by atoms with Crippen LogP contribution in [0.15, 0.2) is 158 Å². The molecule has 4 aromatic heterocycles. The van der Waals surface area contributed by atoms with Crippen LogP contribution in [0.25, 0.3) is 110 Å². The first kappa shape index (κ1) is 29.4. The molecule has 0 amide bonds. The first-order valence-electron chi connectivity index (χ1n) is 19.1. The van der Waals surface area contributed by atoms with E-state index >= 15 is 0 Å². The van der Waals surface area contributed by atoms with Crippen LogP contribution >= 0.6 is 0 Å². The van der Waals surface area contributed by atoms with Crippen LogP contribution < -0.4 is 0 Å². The standard InChI is InChI=1S/C51H32N4/c1-51(2)39-23-10-8-18-32(39)38-28-42-44-43-34(36-22-12-21-35-33-19-9-11-24-40(33)54(42)48(35)36)20-13-25-41(43)55(49(44)45(38)51)50-52-46(30-15-4-3-5-16-30)37-27-26-29-14-6-7-17-31(29)47(37)53-50/h3-28H,1-2H3. The normalized spacial score (nSPS) is 13.8. The molecule has 55 heavy (non-hydrogen) atoms. The highest BCUT2D eigenvalue weighted by Crippen LogP contribution is 2.55. The van der Waals surface area contributed by atoms with Gasteiger partial charge in [0.2, 0.25) is 5.95 Å². The molecule has 8 aromatic carbocycles. The van der Waals surface area contributed by atoms with Gasteiger partial charge < -0.3 is 4.40 Å². The van der Waals surface area contributed by atoms with Gasteiger partial charge in [-0.15, -0.1) is 0 Å². The topological polar surface area (TPSA) is 35.1 Å². The molecule has 0 bridgehead atoms. The number of fused-ring (bicyclic) bond motifs is 12. The van der Waals surface area contributed by atoms with E-state index in [0.717, 1.165) is 38.4 Å². The Bertz CT molecular complexity index is 3620. The zero-order chi connectivity index (χ0) is 36.2. The number of hydrogen-bond donors (Lipinski definition) is 0. The molecule has 0 radical (unpaired) electrons. The Morgan fingerprint density at radius 2 is 1.16 bits per heavy atom. The predicted molar refractivity (Wildman–Crippen MR) is 229 cm³/mol. The lowest BCUT2D eigenvalue weighted by molar-refractivity contribution is 0.663. The van der Waals surface area contributed by atoms with Crippen molar-refractivity contribution in [3.63, 3.8) is 0 Å². The van der Waals surface area contributed by atoms with E-state index in [1.54, 1.807) is 0 Å². The second-order valence-electron chi connectivity index (χ2n) is 15.7. The average molecular weight is 701 g/mol. The Labute approximate surface area is 315 Å². The molecule has 0 fully saturated rings. The van der Waals surface area contributed by atoms with Gasteiger partial charge in [0.1, 0.15) is 0 Å². The van der Waals surface area contributed by atoms with Crippen LogP contribution in [0, 0.1) is 0 Å². The Balaban J connectivity index is 1.33. The van der Waals surface area contributed by atoms with Crippen molar-refractivity contribution in [1.29, 1.82) is 0 Å². The largest absolute Gasteiger partial charge is 0.308 e. The first-order valence-corrected chi connectivity index (χ1v) is 19.1. The van der Waals surface area contributed by atoms with Crippen LogP contribution in [-0.2, 0) is 5.41 Å². The van der Waals surface area contributed by atoms with Gasteiger partial charge in [0.25, 0.3) is 0 Å². The Morgan fingerprint density at radius 1 is 0.473 bits per heavy atom. The molecule has 13 rings (SSSR count). The van der Waals surface area contributed by atoms with Gasteiger partial charge in [0.05, 0.1) is 38.8 Å². The van der Waals surface area contributed by atoms with E-state index < -0.39 is 0 Å². The molecule has 4 nitrogen and oxygen atoms in total. The molecule has 0 aliphatic heterocycles. The summed E-state index contributed by atoms with van der Waals surface area (Å²) >= 11 is 0. The van der Waals surface area contributed by atoms with Gasteiger partial charge in [-0.1, -0.05) is 147 Å². The van der Waals surface area contributed by atoms with Gasteiger partial charge in [-0.05, 0) is 57.3 Å². The third-order valence-corrected chi connectivity index (χ3v) is 12.6. The zero-order valence-electron chi connectivity index (χ0n) is 30.3. The van der Waals surface area contributed by atoms with Crippen molar-refractivity contribution < 1.29 is 0 Å². The third-order valence-electron chi connectivity index (χ3n) is 12.6. The van der Waals surface area contributed by atoms with Gasteiger partial charge in [-0.25, -0.2) is 9.97 Å². The van der Waals surface area contributed by atoms with Gasteiger partial charge in [0, 0.05) is 48.7 Å². The van der Waals surface area contributed by atoms with Crippen molar-refractivity contribution in [2.45, 2.75) is 19.3 Å². The zero-order valence-corrected chi connectivity index (χ0v) is 30.3. The molecule has 0 N–H and O–H groups in total. The van der Waals surface area contributed by atoms with Crippen molar-refractivity contribution in [2.75, 3.05) is 0 Å². The molecule has 0 saturated carbocycles. The maximum absolute atomic E-state index is 5.63. The van der Waals surface area contributed by atoms with E-state index in [-0.39, 0.29) is 5.41 Å². The highest BCUT2D eigenvalue weighted by atomic mass is 15.2.